The molecule has 6 nitrogen and oxygen atoms in total. The van der Waals surface area contributed by atoms with Gasteiger partial charge in [-0.3, -0.25) is 0 Å². The van der Waals surface area contributed by atoms with E-state index in [0.29, 0.717) is 5.76 Å². The van der Waals surface area contributed by atoms with Crippen molar-refractivity contribution in [2.24, 2.45) is 0 Å². The molecule has 0 bridgehead atoms. The highest BCUT2D eigenvalue weighted by Gasteiger charge is 2.13. The van der Waals surface area contributed by atoms with Gasteiger partial charge >= 0.3 is 0 Å². The first-order valence-corrected chi connectivity index (χ1v) is 7.37. The summed E-state index contributed by atoms with van der Waals surface area (Å²) in [5.41, 5.74) is 9.02. The number of benzene rings is 2. The number of aromatic nitrogens is 3. The van der Waals surface area contributed by atoms with Crippen LogP contribution in [0.5, 0.6) is 5.75 Å². The molecule has 24 heavy (non-hydrogen) atoms. The summed E-state index contributed by atoms with van der Waals surface area (Å²) in [5, 5.41) is 5.03. The van der Waals surface area contributed by atoms with Crippen LogP contribution in [-0.4, -0.2) is 22.2 Å². The number of nitrogens with zero attached hydrogens (tertiary/aromatic N) is 3. The first kappa shape index (κ1) is 14.2. The molecule has 2 N–H and O–H groups in total. The standard InChI is InChI=1S/C18H14N4O2/c1-23-13-4-2-3-12(9-13)17-14-10-11(5-6-16(14)22-24-17)15-7-8-20-18(19)21-15/h2-10H,1H3,(H2,19,20,21). The summed E-state index contributed by atoms with van der Waals surface area (Å²) in [4.78, 5) is 8.18. The summed E-state index contributed by atoms with van der Waals surface area (Å²) in [5.74, 6) is 1.69. The van der Waals surface area contributed by atoms with Gasteiger partial charge in [0.15, 0.2) is 5.76 Å². The number of nitrogen functional groups attached to an aromatic ring is 1. The molecule has 2 aromatic heterocycles. The fourth-order valence-electron chi connectivity index (χ4n) is 2.61. The average molecular weight is 318 g/mol. The minimum atomic E-state index is 0.242. The molecule has 0 amide bonds. The van der Waals surface area contributed by atoms with Crippen molar-refractivity contribution in [1.29, 1.82) is 0 Å². The van der Waals surface area contributed by atoms with Crippen LogP contribution in [0.15, 0.2) is 59.3 Å². The van der Waals surface area contributed by atoms with Crippen molar-refractivity contribution >= 4 is 16.9 Å². The molecule has 118 valence electrons. The zero-order valence-corrected chi connectivity index (χ0v) is 12.9. The van der Waals surface area contributed by atoms with Gasteiger partial charge in [-0.25, -0.2) is 9.97 Å². The van der Waals surface area contributed by atoms with E-state index < -0.39 is 0 Å². The number of hydrogen-bond donors (Lipinski definition) is 1. The first-order valence-electron chi connectivity index (χ1n) is 7.37. The fourth-order valence-corrected chi connectivity index (χ4v) is 2.61. The highest BCUT2D eigenvalue weighted by molar-refractivity contribution is 5.94. The van der Waals surface area contributed by atoms with E-state index in [0.717, 1.165) is 33.5 Å². The molecular formula is C18H14N4O2. The lowest BCUT2D eigenvalue weighted by atomic mass is 10.0. The Bertz CT molecular complexity index is 1030. The van der Waals surface area contributed by atoms with Crippen LogP contribution in [-0.2, 0) is 0 Å². The lowest BCUT2D eigenvalue weighted by molar-refractivity contribution is 0.414. The third-order valence-electron chi connectivity index (χ3n) is 3.78. The minimum Gasteiger partial charge on any atom is -0.497 e. The van der Waals surface area contributed by atoms with E-state index in [9.17, 15) is 0 Å². The Hall–Kier alpha value is -3.41. The van der Waals surface area contributed by atoms with Gasteiger partial charge in [0, 0.05) is 17.3 Å². The van der Waals surface area contributed by atoms with E-state index in [1.807, 2.05) is 48.5 Å². The quantitative estimate of drug-likeness (QED) is 0.621. The molecule has 0 aliphatic carbocycles. The molecule has 0 spiro atoms. The summed E-state index contributed by atoms with van der Waals surface area (Å²) in [6, 6.07) is 15.3. The smallest absolute Gasteiger partial charge is 0.220 e. The van der Waals surface area contributed by atoms with Crippen LogP contribution in [0, 0.1) is 0 Å². The molecule has 0 radical (unpaired) electrons. The molecular weight excluding hydrogens is 304 g/mol. The van der Waals surface area contributed by atoms with Crippen LogP contribution in [0.1, 0.15) is 0 Å². The largest absolute Gasteiger partial charge is 0.497 e. The Balaban J connectivity index is 1.87. The molecule has 0 fully saturated rings. The van der Waals surface area contributed by atoms with Gasteiger partial charge in [-0.1, -0.05) is 23.4 Å². The maximum atomic E-state index is 5.67. The van der Waals surface area contributed by atoms with Gasteiger partial charge in [-0.05, 0) is 30.3 Å². The predicted octanol–water partition coefficient (Wildman–Crippen LogP) is 3.54. The van der Waals surface area contributed by atoms with Crippen molar-refractivity contribution in [1.82, 2.24) is 15.1 Å². The van der Waals surface area contributed by atoms with E-state index in [1.54, 1.807) is 13.3 Å². The highest BCUT2D eigenvalue weighted by atomic mass is 16.5. The Kier molecular flexibility index (Phi) is 3.35. The van der Waals surface area contributed by atoms with Gasteiger partial charge in [-0.2, -0.15) is 0 Å². The second-order valence-corrected chi connectivity index (χ2v) is 5.28. The van der Waals surface area contributed by atoms with E-state index in [2.05, 4.69) is 15.1 Å². The fraction of sp³-hybridized carbons (Fsp3) is 0.0556. The molecule has 0 aliphatic heterocycles. The van der Waals surface area contributed by atoms with Crippen LogP contribution >= 0.6 is 0 Å². The Morgan fingerprint density at radius 3 is 2.79 bits per heavy atom. The van der Waals surface area contributed by atoms with Crippen molar-refractivity contribution in [3.8, 4) is 28.3 Å². The van der Waals surface area contributed by atoms with Crippen molar-refractivity contribution in [3.05, 3.63) is 54.7 Å². The van der Waals surface area contributed by atoms with E-state index in [4.69, 9.17) is 15.0 Å². The van der Waals surface area contributed by atoms with Crippen molar-refractivity contribution in [3.63, 3.8) is 0 Å². The summed E-state index contributed by atoms with van der Waals surface area (Å²) in [6.07, 6.45) is 1.64. The summed E-state index contributed by atoms with van der Waals surface area (Å²) in [7, 11) is 1.63. The Labute approximate surface area is 137 Å². The molecule has 4 rings (SSSR count). The van der Waals surface area contributed by atoms with Crippen LogP contribution < -0.4 is 10.5 Å². The van der Waals surface area contributed by atoms with E-state index in [-0.39, 0.29) is 5.95 Å². The van der Waals surface area contributed by atoms with Crippen LogP contribution in [0.2, 0.25) is 0 Å². The SMILES string of the molecule is COc1cccc(-c2onc3ccc(-c4ccnc(N)n4)cc23)c1. The van der Waals surface area contributed by atoms with Crippen molar-refractivity contribution < 1.29 is 9.26 Å². The second-order valence-electron chi connectivity index (χ2n) is 5.28. The van der Waals surface area contributed by atoms with Crippen LogP contribution in [0.3, 0.4) is 0 Å². The normalized spacial score (nSPS) is 10.9. The topological polar surface area (TPSA) is 87.1 Å². The zero-order chi connectivity index (χ0) is 16.5. The average Bonchev–Trinajstić information content (AvgIpc) is 3.05. The molecule has 2 aromatic carbocycles. The molecule has 0 saturated carbocycles. The number of fused-ring (bicyclic) bond motifs is 1. The summed E-state index contributed by atoms with van der Waals surface area (Å²) >= 11 is 0. The third-order valence-corrected chi connectivity index (χ3v) is 3.78. The number of nitrogens with two attached hydrogens (primary N) is 1. The minimum absolute atomic E-state index is 0.242. The van der Waals surface area contributed by atoms with Gasteiger partial charge in [0.1, 0.15) is 11.3 Å². The zero-order valence-electron chi connectivity index (χ0n) is 12.9. The van der Waals surface area contributed by atoms with E-state index >= 15 is 0 Å². The number of anilines is 1. The van der Waals surface area contributed by atoms with Crippen molar-refractivity contribution in [2.45, 2.75) is 0 Å². The van der Waals surface area contributed by atoms with Gasteiger partial charge in [0.2, 0.25) is 5.95 Å². The Morgan fingerprint density at radius 2 is 1.96 bits per heavy atom. The second kappa shape index (κ2) is 5.66. The Morgan fingerprint density at radius 1 is 1.04 bits per heavy atom. The molecule has 0 aliphatic rings. The predicted molar refractivity (Wildman–Crippen MR) is 91.4 cm³/mol. The number of ether oxygens (including phenoxy) is 1. The summed E-state index contributed by atoms with van der Waals surface area (Å²) in [6.45, 7) is 0. The number of methoxy groups -OCH3 is 1. The molecule has 2 heterocycles. The van der Waals surface area contributed by atoms with Gasteiger partial charge in [0.05, 0.1) is 18.2 Å². The maximum absolute atomic E-state index is 5.67. The van der Waals surface area contributed by atoms with Gasteiger partial charge < -0.3 is 15.0 Å². The lowest BCUT2D eigenvalue weighted by Gasteiger charge is -2.03. The molecule has 0 atom stereocenters. The highest BCUT2D eigenvalue weighted by Crippen LogP contribution is 2.33. The number of hydrogen-bond acceptors (Lipinski definition) is 6. The van der Waals surface area contributed by atoms with E-state index in [1.165, 1.54) is 0 Å². The van der Waals surface area contributed by atoms with Crippen LogP contribution in [0.4, 0.5) is 5.95 Å². The lowest BCUT2D eigenvalue weighted by Crippen LogP contribution is -1.95. The van der Waals surface area contributed by atoms with Crippen molar-refractivity contribution in [2.75, 3.05) is 12.8 Å². The maximum Gasteiger partial charge on any atom is 0.220 e. The number of rotatable bonds is 3. The van der Waals surface area contributed by atoms with Gasteiger partial charge in [-0.15, -0.1) is 0 Å². The molecule has 4 aromatic rings. The first-order chi connectivity index (χ1) is 11.7. The molecule has 0 unspecified atom stereocenters. The van der Waals surface area contributed by atoms with Crippen LogP contribution in [0.25, 0.3) is 33.5 Å². The molecule has 0 saturated heterocycles. The molecule has 6 heteroatoms. The summed E-state index contributed by atoms with van der Waals surface area (Å²) < 4.78 is 10.8. The third kappa shape index (κ3) is 2.44. The monoisotopic (exact) mass is 318 g/mol. The van der Waals surface area contributed by atoms with Gasteiger partial charge in [0.25, 0.3) is 0 Å².